The molecule has 0 radical (unpaired) electrons. The number of hydrogen-bond acceptors (Lipinski definition) is 3. The Labute approximate surface area is 140 Å². The third kappa shape index (κ3) is 2.91. The van der Waals surface area contributed by atoms with Crippen molar-refractivity contribution in [2.75, 3.05) is 0 Å². The molecule has 1 aliphatic rings. The molecule has 0 spiro atoms. The van der Waals surface area contributed by atoms with Gasteiger partial charge >= 0.3 is 0 Å². The normalized spacial score (nSPS) is 19.5. The Morgan fingerprint density at radius 3 is 2.75 bits per heavy atom. The number of nitrogens with zero attached hydrogens (tertiary/aromatic N) is 2. The molecule has 118 valence electrons. The van der Waals surface area contributed by atoms with Gasteiger partial charge in [0.2, 0.25) is 5.91 Å². The maximum absolute atomic E-state index is 12.2. The van der Waals surface area contributed by atoms with Crippen molar-refractivity contribution >= 4 is 23.0 Å². The molecular formula is C20H17N3O. The smallest absolute Gasteiger partial charge is 0.243 e. The molecule has 1 N–H and O–H groups in total. The van der Waals surface area contributed by atoms with Crippen LogP contribution in [-0.4, -0.2) is 17.1 Å². The number of rotatable bonds is 4. The van der Waals surface area contributed by atoms with E-state index in [0.29, 0.717) is 5.92 Å². The van der Waals surface area contributed by atoms with Crippen LogP contribution in [0.1, 0.15) is 23.5 Å². The number of carbonyl (C=O) groups is 1. The van der Waals surface area contributed by atoms with Crippen LogP contribution in [0.3, 0.4) is 0 Å². The fourth-order valence-corrected chi connectivity index (χ4v) is 3.03. The molecule has 1 fully saturated rings. The monoisotopic (exact) mass is 315 g/mol. The standard InChI is InChI=1S/C20H17N3O/c24-20(18-12-17(18)14-6-2-1-3-7-14)23-22-13-15-10-11-21-19-9-5-4-8-16(15)19/h1-11,13,17-18H,12H2,(H,23,24)/t17-,18+/m1/s1. The fourth-order valence-electron chi connectivity index (χ4n) is 3.03. The van der Waals surface area contributed by atoms with Gasteiger partial charge in [-0.15, -0.1) is 0 Å². The highest BCUT2D eigenvalue weighted by Gasteiger charge is 2.43. The minimum absolute atomic E-state index is 0.0153. The topological polar surface area (TPSA) is 54.4 Å². The second-order valence-electron chi connectivity index (χ2n) is 6.01. The van der Waals surface area contributed by atoms with Crippen molar-refractivity contribution in [3.8, 4) is 0 Å². The number of para-hydroxylation sites is 1. The molecule has 0 aliphatic heterocycles. The van der Waals surface area contributed by atoms with Crippen molar-refractivity contribution in [3.05, 3.63) is 78.0 Å². The van der Waals surface area contributed by atoms with E-state index in [2.05, 4.69) is 27.6 Å². The zero-order chi connectivity index (χ0) is 16.4. The van der Waals surface area contributed by atoms with Crippen molar-refractivity contribution in [1.29, 1.82) is 0 Å². The lowest BCUT2D eigenvalue weighted by atomic mass is 10.1. The van der Waals surface area contributed by atoms with Gasteiger partial charge in [0.05, 0.1) is 11.7 Å². The highest BCUT2D eigenvalue weighted by Crippen LogP contribution is 2.47. The third-order valence-corrected chi connectivity index (χ3v) is 4.42. The van der Waals surface area contributed by atoms with Crippen molar-refractivity contribution in [3.63, 3.8) is 0 Å². The van der Waals surface area contributed by atoms with Gasteiger partial charge in [0.15, 0.2) is 0 Å². The van der Waals surface area contributed by atoms with E-state index in [9.17, 15) is 4.79 Å². The van der Waals surface area contributed by atoms with Gasteiger partial charge in [-0.3, -0.25) is 9.78 Å². The van der Waals surface area contributed by atoms with E-state index in [-0.39, 0.29) is 11.8 Å². The largest absolute Gasteiger partial charge is 0.273 e. The molecule has 1 aliphatic carbocycles. The lowest BCUT2D eigenvalue weighted by molar-refractivity contribution is -0.122. The van der Waals surface area contributed by atoms with Crippen molar-refractivity contribution in [2.24, 2.45) is 11.0 Å². The van der Waals surface area contributed by atoms with Crippen LogP contribution in [0.25, 0.3) is 10.9 Å². The maximum Gasteiger partial charge on any atom is 0.243 e. The van der Waals surface area contributed by atoms with Crippen LogP contribution < -0.4 is 5.43 Å². The first-order valence-electron chi connectivity index (χ1n) is 8.04. The lowest BCUT2D eigenvalue weighted by Gasteiger charge is -2.02. The van der Waals surface area contributed by atoms with Crippen LogP contribution in [-0.2, 0) is 4.79 Å². The average molecular weight is 315 g/mol. The number of amides is 1. The van der Waals surface area contributed by atoms with E-state index >= 15 is 0 Å². The molecule has 2 aromatic carbocycles. The van der Waals surface area contributed by atoms with Gasteiger partial charge in [-0.1, -0.05) is 48.5 Å². The molecule has 0 unspecified atom stereocenters. The van der Waals surface area contributed by atoms with Gasteiger partial charge in [-0.25, -0.2) is 5.43 Å². The third-order valence-electron chi connectivity index (χ3n) is 4.42. The van der Waals surface area contributed by atoms with E-state index in [0.717, 1.165) is 22.9 Å². The van der Waals surface area contributed by atoms with Gasteiger partial charge in [-0.2, -0.15) is 5.10 Å². The summed E-state index contributed by atoms with van der Waals surface area (Å²) in [5.74, 6) is 0.334. The Hall–Kier alpha value is -3.01. The zero-order valence-corrected chi connectivity index (χ0v) is 13.1. The molecule has 3 aromatic rings. The fraction of sp³-hybridized carbons (Fsp3) is 0.150. The van der Waals surface area contributed by atoms with Crippen LogP contribution >= 0.6 is 0 Å². The minimum Gasteiger partial charge on any atom is -0.273 e. The zero-order valence-electron chi connectivity index (χ0n) is 13.1. The summed E-state index contributed by atoms with van der Waals surface area (Å²) < 4.78 is 0. The van der Waals surface area contributed by atoms with Crippen molar-refractivity contribution in [1.82, 2.24) is 10.4 Å². The molecule has 1 saturated carbocycles. The SMILES string of the molecule is O=C(NN=Cc1ccnc2ccccc12)[C@H]1C[C@@H]1c1ccccc1. The van der Waals surface area contributed by atoms with Crippen LogP contribution in [0.4, 0.5) is 0 Å². The molecule has 0 saturated heterocycles. The Morgan fingerprint density at radius 1 is 1.08 bits per heavy atom. The number of fused-ring (bicyclic) bond motifs is 1. The highest BCUT2D eigenvalue weighted by molar-refractivity contribution is 5.98. The predicted octanol–water partition coefficient (Wildman–Crippen LogP) is 3.49. The first-order chi connectivity index (χ1) is 11.8. The minimum atomic E-state index is -0.0153. The van der Waals surface area contributed by atoms with Crippen molar-refractivity contribution < 1.29 is 4.79 Å². The molecule has 1 amide bonds. The van der Waals surface area contributed by atoms with Crippen molar-refractivity contribution in [2.45, 2.75) is 12.3 Å². The number of pyridine rings is 1. The van der Waals surface area contributed by atoms with Crippen LogP contribution in [0.2, 0.25) is 0 Å². The van der Waals surface area contributed by atoms with E-state index in [1.807, 2.05) is 48.5 Å². The number of aromatic nitrogens is 1. The Balaban J connectivity index is 1.42. The lowest BCUT2D eigenvalue weighted by Crippen LogP contribution is -2.20. The Bertz CT molecular complexity index is 900. The average Bonchev–Trinajstić information content (AvgIpc) is 3.43. The number of carbonyl (C=O) groups excluding carboxylic acids is 1. The molecular weight excluding hydrogens is 298 g/mol. The number of benzene rings is 2. The molecule has 1 aromatic heterocycles. The summed E-state index contributed by atoms with van der Waals surface area (Å²) in [5.41, 5.74) is 5.75. The van der Waals surface area contributed by atoms with E-state index in [1.165, 1.54) is 5.56 Å². The van der Waals surface area contributed by atoms with Gasteiger partial charge in [0.25, 0.3) is 0 Å². The molecule has 24 heavy (non-hydrogen) atoms. The summed E-state index contributed by atoms with van der Waals surface area (Å²) in [4.78, 5) is 16.5. The van der Waals surface area contributed by atoms with Gasteiger partial charge in [-0.05, 0) is 30.0 Å². The summed E-state index contributed by atoms with van der Waals surface area (Å²) in [5, 5.41) is 5.15. The highest BCUT2D eigenvalue weighted by atomic mass is 16.2. The second kappa shape index (κ2) is 6.24. The van der Waals surface area contributed by atoms with Crippen LogP contribution in [0.5, 0.6) is 0 Å². The van der Waals surface area contributed by atoms with Gasteiger partial charge in [0, 0.05) is 23.1 Å². The summed E-state index contributed by atoms with van der Waals surface area (Å²) in [6.07, 6.45) is 4.32. The first-order valence-corrected chi connectivity index (χ1v) is 8.04. The van der Waals surface area contributed by atoms with E-state index < -0.39 is 0 Å². The summed E-state index contributed by atoms with van der Waals surface area (Å²) in [7, 11) is 0. The second-order valence-corrected chi connectivity index (χ2v) is 6.01. The molecule has 2 atom stereocenters. The quantitative estimate of drug-likeness (QED) is 0.592. The molecule has 4 rings (SSSR count). The number of nitrogens with one attached hydrogen (secondary N) is 1. The maximum atomic E-state index is 12.2. The molecule has 0 bridgehead atoms. The van der Waals surface area contributed by atoms with E-state index in [1.54, 1.807) is 12.4 Å². The van der Waals surface area contributed by atoms with Gasteiger partial charge in [0.1, 0.15) is 0 Å². The first kappa shape index (κ1) is 14.6. The summed E-state index contributed by atoms with van der Waals surface area (Å²) >= 11 is 0. The summed E-state index contributed by atoms with van der Waals surface area (Å²) in [6.45, 7) is 0. The molecule has 4 nitrogen and oxygen atoms in total. The Morgan fingerprint density at radius 2 is 1.88 bits per heavy atom. The number of hydrazone groups is 1. The van der Waals surface area contributed by atoms with Crippen LogP contribution in [0, 0.1) is 5.92 Å². The number of hydrogen-bond donors (Lipinski definition) is 1. The van der Waals surface area contributed by atoms with E-state index in [4.69, 9.17) is 0 Å². The molecule has 4 heteroatoms. The molecule has 1 heterocycles. The summed E-state index contributed by atoms with van der Waals surface area (Å²) in [6, 6.07) is 19.9. The van der Waals surface area contributed by atoms with Gasteiger partial charge < -0.3 is 0 Å². The predicted molar refractivity (Wildman–Crippen MR) is 94.8 cm³/mol. The Kier molecular flexibility index (Phi) is 3.79. The van der Waals surface area contributed by atoms with Crippen LogP contribution in [0.15, 0.2) is 72.0 Å².